The fourth-order valence-electron chi connectivity index (χ4n) is 6.83. The van der Waals surface area contributed by atoms with Gasteiger partial charge in [0.25, 0.3) is 0 Å². The molecule has 0 fully saturated rings. The van der Waals surface area contributed by atoms with Crippen molar-refractivity contribution in [2.24, 2.45) is 0 Å². The molecular weight excluding hydrogens is 592 g/mol. The maximum Gasteiger partial charge on any atom is 0.311 e. The smallest absolute Gasteiger partial charge is 0.311 e. The SMILES string of the molecule is C#Cc1c(-c2ccccc2)ccc2c1C(c1ccc(O)c([N+](=O)[O-])c1)(c1ccc(O)c([N+](=O)[O-])c1)c1cc(-c3ccccc3)ccc1-2. The van der Waals surface area contributed by atoms with E-state index in [9.17, 15) is 30.4 Å². The maximum atomic E-state index is 12.2. The topological polar surface area (TPSA) is 127 Å². The van der Waals surface area contributed by atoms with Gasteiger partial charge in [0.2, 0.25) is 0 Å². The zero-order valence-electron chi connectivity index (χ0n) is 24.6. The molecule has 0 heterocycles. The summed E-state index contributed by atoms with van der Waals surface area (Å²) >= 11 is 0. The van der Waals surface area contributed by atoms with E-state index in [4.69, 9.17) is 6.42 Å². The molecule has 2 N–H and O–H groups in total. The third kappa shape index (κ3) is 4.41. The minimum Gasteiger partial charge on any atom is -0.502 e. The number of benzene rings is 6. The van der Waals surface area contributed by atoms with Crippen LogP contribution >= 0.6 is 0 Å². The van der Waals surface area contributed by atoms with Crippen molar-refractivity contribution >= 4 is 11.4 Å². The first-order valence-corrected chi connectivity index (χ1v) is 14.6. The first-order valence-electron chi connectivity index (χ1n) is 14.6. The molecule has 0 amide bonds. The number of terminal acetylenes is 1. The fourth-order valence-corrected chi connectivity index (χ4v) is 6.83. The molecule has 7 rings (SSSR count). The number of phenols is 2. The predicted octanol–water partition coefficient (Wildman–Crippen LogP) is 8.59. The van der Waals surface area contributed by atoms with E-state index in [0.29, 0.717) is 27.8 Å². The average molecular weight is 617 g/mol. The number of hydrogen-bond donors (Lipinski definition) is 2. The van der Waals surface area contributed by atoms with Crippen LogP contribution in [-0.4, -0.2) is 20.1 Å². The van der Waals surface area contributed by atoms with Crippen LogP contribution < -0.4 is 0 Å². The summed E-state index contributed by atoms with van der Waals surface area (Å²) in [5, 5.41) is 45.5. The van der Waals surface area contributed by atoms with E-state index < -0.39 is 38.1 Å². The first-order chi connectivity index (χ1) is 22.7. The molecule has 6 aromatic rings. The number of nitrogens with zero attached hydrogens (tertiary/aromatic N) is 2. The summed E-state index contributed by atoms with van der Waals surface area (Å²) in [5.74, 6) is 1.84. The highest BCUT2D eigenvalue weighted by Crippen LogP contribution is 2.60. The molecule has 0 saturated heterocycles. The van der Waals surface area contributed by atoms with Crippen LogP contribution in [0.1, 0.15) is 27.8 Å². The summed E-state index contributed by atoms with van der Waals surface area (Å²) < 4.78 is 0. The number of nitro benzene ring substituents is 2. The van der Waals surface area contributed by atoms with Crippen molar-refractivity contribution in [2.75, 3.05) is 0 Å². The number of aromatic hydroxyl groups is 2. The van der Waals surface area contributed by atoms with Crippen molar-refractivity contribution in [1.29, 1.82) is 0 Å². The van der Waals surface area contributed by atoms with Gasteiger partial charge in [-0.15, -0.1) is 6.42 Å². The van der Waals surface area contributed by atoms with Crippen LogP contribution in [0.4, 0.5) is 11.4 Å². The minimum absolute atomic E-state index is 0.355. The highest BCUT2D eigenvalue weighted by molar-refractivity contribution is 5.93. The van der Waals surface area contributed by atoms with Crippen molar-refractivity contribution in [2.45, 2.75) is 5.41 Å². The molecule has 8 nitrogen and oxygen atoms in total. The van der Waals surface area contributed by atoms with E-state index in [0.717, 1.165) is 33.4 Å². The van der Waals surface area contributed by atoms with Gasteiger partial charge in [-0.25, -0.2) is 0 Å². The Balaban J connectivity index is 1.71. The van der Waals surface area contributed by atoms with Gasteiger partial charge in [-0.2, -0.15) is 0 Å². The van der Waals surface area contributed by atoms with Gasteiger partial charge in [0, 0.05) is 17.7 Å². The van der Waals surface area contributed by atoms with Crippen LogP contribution in [0.5, 0.6) is 11.5 Å². The van der Waals surface area contributed by atoms with Crippen molar-refractivity contribution in [3.8, 4) is 57.2 Å². The number of fused-ring (bicyclic) bond motifs is 3. The minimum atomic E-state index is -1.46. The van der Waals surface area contributed by atoms with Gasteiger partial charge < -0.3 is 10.2 Å². The Labute approximate surface area is 269 Å². The van der Waals surface area contributed by atoms with E-state index in [1.165, 1.54) is 24.3 Å². The predicted molar refractivity (Wildman–Crippen MR) is 179 cm³/mol. The van der Waals surface area contributed by atoms with Crippen LogP contribution in [0.15, 0.2) is 127 Å². The molecule has 0 radical (unpaired) electrons. The van der Waals surface area contributed by atoms with Gasteiger partial charge in [-0.1, -0.05) is 103 Å². The lowest BCUT2D eigenvalue weighted by Gasteiger charge is -2.35. The van der Waals surface area contributed by atoms with Gasteiger partial charge in [0.1, 0.15) is 0 Å². The summed E-state index contributed by atoms with van der Waals surface area (Å²) in [5.41, 5.74) is 4.80. The van der Waals surface area contributed by atoms with Gasteiger partial charge >= 0.3 is 11.4 Å². The Morgan fingerprint density at radius 1 is 0.574 bits per heavy atom. The summed E-state index contributed by atoms with van der Waals surface area (Å²) in [6.45, 7) is 0. The lowest BCUT2D eigenvalue weighted by Crippen LogP contribution is -2.30. The van der Waals surface area contributed by atoms with E-state index >= 15 is 0 Å². The highest BCUT2D eigenvalue weighted by Gasteiger charge is 2.49. The largest absolute Gasteiger partial charge is 0.502 e. The monoisotopic (exact) mass is 616 g/mol. The lowest BCUT2D eigenvalue weighted by molar-refractivity contribution is -0.386. The second-order valence-corrected chi connectivity index (χ2v) is 11.2. The lowest BCUT2D eigenvalue weighted by atomic mass is 9.65. The molecule has 0 spiro atoms. The maximum absolute atomic E-state index is 12.2. The molecule has 0 unspecified atom stereocenters. The van der Waals surface area contributed by atoms with E-state index in [2.05, 4.69) is 5.92 Å². The number of rotatable bonds is 6. The van der Waals surface area contributed by atoms with Gasteiger partial charge in [0.15, 0.2) is 11.5 Å². The molecule has 1 aliphatic rings. The molecule has 0 saturated carbocycles. The quantitative estimate of drug-likeness (QED) is 0.109. The molecule has 0 aliphatic heterocycles. The van der Waals surface area contributed by atoms with E-state index in [-0.39, 0.29) is 0 Å². The number of hydrogen-bond acceptors (Lipinski definition) is 6. The van der Waals surface area contributed by atoms with Crippen LogP contribution in [0.3, 0.4) is 0 Å². The van der Waals surface area contributed by atoms with Crippen LogP contribution in [0.2, 0.25) is 0 Å². The Morgan fingerprint density at radius 2 is 1.09 bits per heavy atom. The van der Waals surface area contributed by atoms with Crippen molar-refractivity contribution < 1.29 is 20.1 Å². The zero-order chi connectivity index (χ0) is 32.9. The van der Waals surface area contributed by atoms with Crippen LogP contribution in [0, 0.1) is 32.6 Å². The number of phenolic OH excluding ortho intramolecular Hbond substituents is 2. The molecule has 0 bridgehead atoms. The Kier molecular flexibility index (Phi) is 6.80. The normalized spacial score (nSPS) is 12.5. The Morgan fingerprint density at radius 3 is 1.62 bits per heavy atom. The second-order valence-electron chi connectivity index (χ2n) is 11.2. The molecule has 1 aliphatic carbocycles. The van der Waals surface area contributed by atoms with Crippen molar-refractivity contribution in [3.63, 3.8) is 0 Å². The first kappa shape index (κ1) is 29.0. The Bertz CT molecular complexity index is 2230. The van der Waals surface area contributed by atoms with E-state index in [1.807, 2.05) is 91.0 Å². The third-order valence-corrected chi connectivity index (χ3v) is 8.84. The zero-order valence-corrected chi connectivity index (χ0v) is 24.6. The summed E-state index contributed by atoms with van der Waals surface area (Å²) in [7, 11) is 0. The summed E-state index contributed by atoms with van der Waals surface area (Å²) in [6, 6.07) is 37.2. The molecular formula is C39H24N2O6. The van der Waals surface area contributed by atoms with Crippen molar-refractivity contribution in [1.82, 2.24) is 0 Å². The highest BCUT2D eigenvalue weighted by atomic mass is 16.6. The second kappa shape index (κ2) is 11.0. The summed E-state index contributed by atoms with van der Waals surface area (Å²) in [4.78, 5) is 23.1. The Hall–Kier alpha value is -6.72. The average Bonchev–Trinajstić information content (AvgIpc) is 3.39. The van der Waals surface area contributed by atoms with Crippen LogP contribution in [0.25, 0.3) is 33.4 Å². The summed E-state index contributed by atoms with van der Waals surface area (Å²) in [6.07, 6.45) is 6.35. The molecule has 0 aromatic heterocycles. The molecule has 8 heteroatoms. The molecule has 6 aromatic carbocycles. The standard InChI is InChI=1S/C39H24N2O6/c1-2-29-30(25-11-7-4-8-12-25)17-18-32-31-16-13-26(24-9-5-3-6-10-24)21-33(31)39(38(29)32,27-14-19-36(42)34(22-27)40(44)45)28-15-20-37(43)35(23-28)41(46)47/h1,3-23,42-43H. The molecule has 47 heavy (non-hydrogen) atoms. The fraction of sp³-hybridized carbons (Fsp3) is 0.0256. The molecule has 0 atom stereocenters. The number of nitro groups is 2. The third-order valence-electron chi connectivity index (χ3n) is 8.84. The molecule has 226 valence electrons. The van der Waals surface area contributed by atoms with Gasteiger partial charge in [-0.3, -0.25) is 20.2 Å². The van der Waals surface area contributed by atoms with Gasteiger partial charge in [0.05, 0.1) is 15.3 Å². The van der Waals surface area contributed by atoms with Crippen molar-refractivity contribution in [3.05, 3.63) is 175 Å². The van der Waals surface area contributed by atoms with E-state index in [1.54, 1.807) is 12.1 Å². The van der Waals surface area contributed by atoms with Crippen LogP contribution in [-0.2, 0) is 5.41 Å². The van der Waals surface area contributed by atoms with Gasteiger partial charge in [-0.05, 0) is 73.8 Å².